The van der Waals surface area contributed by atoms with Crippen molar-refractivity contribution in [2.75, 3.05) is 19.5 Å². The number of methoxy groups -OCH3 is 2. The van der Waals surface area contributed by atoms with Crippen LogP contribution in [0.1, 0.15) is 12.1 Å². The SMILES string of the molecule is COc1ccc(OC)c(NC(=O)[C@@H]2[C@@H](C(=O)NCc3ccccn3)[C@@H]3C=C[C@@H]2C3)c1. The highest BCUT2D eigenvalue weighted by atomic mass is 16.5. The third-order valence-corrected chi connectivity index (χ3v) is 5.90. The summed E-state index contributed by atoms with van der Waals surface area (Å²) in [6.45, 7) is 0.343. The molecule has 2 aliphatic rings. The van der Waals surface area contributed by atoms with Crippen LogP contribution in [0.2, 0.25) is 0 Å². The summed E-state index contributed by atoms with van der Waals surface area (Å²) >= 11 is 0. The molecule has 4 rings (SSSR count). The highest BCUT2D eigenvalue weighted by molar-refractivity contribution is 5.98. The monoisotopic (exact) mass is 407 g/mol. The van der Waals surface area contributed by atoms with E-state index in [2.05, 4.69) is 27.8 Å². The molecule has 7 nitrogen and oxygen atoms in total. The van der Waals surface area contributed by atoms with E-state index in [0.717, 1.165) is 12.1 Å². The van der Waals surface area contributed by atoms with Crippen molar-refractivity contribution in [1.82, 2.24) is 10.3 Å². The van der Waals surface area contributed by atoms with E-state index < -0.39 is 11.8 Å². The predicted molar refractivity (Wildman–Crippen MR) is 112 cm³/mol. The van der Waals surface area contributed by atoms with Gasteiger partial charge in [0.15, 0.2) is 0 Å². The minimum absolute atomic E-state index is 0.0530. The van der Waals surface area contributed by atoms with Gasteiger partial charge < -0.3 is 20.1 Å². The quantitative estimate of drug-likeness (QED) is 0.689. The number of anilines is 1. The van der Waals surface area contributed by atoms with Crippen LogP contribution in [0, 0.1) is 23.7 Å². The Hall–Kier alpha value is -3.35. The molecule has 30 heavy (non-hydrogen) atoms. The molecule has 0 unspecified atom stereocenters. The van der Waals surface area contributed by atoms with Gasteiger partial charge in [0.05, 0.1) is 44.0 Å². The van der Waals surface area contributed by atoms with Crippen LogP contribution in [-0.2, 0) is 16.1 Å². The first-order valence-corrected chi connectivity index (χ1v) is 9.99. The van der Waals surface area contributed by atoms with E-state index in [9.17, 15) is 9.59 Å². The summed E-state index contributed by atoms with van der Waals surface area (Å²) in [7, 11) is 3.11. The molecule has 2 bridgehead atoms. The van der Waals surface area contributed by atoms with Gasteiger partial charge >= 0.3 is 0 Å². The molecular weight excluding hydrogens is 382 g/mol. The number of carbonyl (C=O) groups excluding carboxylic acids is 2. The fourth-order valence-corrected chi connectivity index (χ4v) is 4.46. The molecule has 1 aromatic carbocycles. The maximum absolute atomic E-state index is 13.2. The Morgan fingerprint density at radius 1 is 1.03 bits per heavy atom. The maximum atomic E-state index is 13.2. The van der Waals surface area contributed by atoms with E-state index in [1.165, 1.54) is 0 Å². The molecule has 2 aliphatic carbocycles. The predicted octanol–water partition coefficient (Wildman–Crippen LogP) is 2.79. The van der Waals surface area contributed by atoms with E-state index in [0.29, 0.717) is 23.7 Å². The van der Waals surface area contributed by atoms with Crippen LogP contribution in [0.25, 0.3) is 0 Å². The van der Waals surface area contributed by atoms with Crippen LogP contribution >= 0.6 is 0 Å². The van der Waals surface area contributed by atoms with Gasteiger partial charge in [-0.05, 0) is 42.5 Å². The normalized spacial score (nSPS) is 23.8. The van der Waals surface area contributed by atoms with Crippen LogP contribution in [0.5, 0.6) is 11.5 Å². The zero-order valence-corrected chi connectivity index (χ0v) is 17.0. The van der Waals surface area contributed by atoms with E-state index >= 15 is 0 Å². The third-order valence-electron chi connectivity index (χ3n) is 5.90. The van der Waals surface area contributed by atoms with E-state index in [1.807, 2.05) is 18.2 Å². The summed E-state index contributed by atoms with van der Waals surface area (Å²) in [5, 5.41) is 5.91. The first-order chi connectivity index (χ1) is 14.6. The molecule has 4 atom stereocenters. The van der Waals surface area contributed by atoms with Gasteiger partial charge in [0, 0.05) is 12.3 Å². The fraction of sp³-hybridized carbons (Fsp3) is 0.348. The van der Waals surface area contributed by atoms with Gasteiger partial charge in [-0.25, -0.2) is 0 Å². The maximum Gasteiger partial charge on any atom is 0.229 e. The largest absolute Gasteiger partial charge is 0.497 e. The smallest absolute Gasteiger partial charge is 0.229 e. The van der Waals surface area contributed by atoms with Gasteiger partial charge in [-0.3, -0.25) is 14.6 Å². The lowest BCUT2D eigenvalue weighted by Crippen LogP contribution is -2.41. The van der Waals surface area contributed by atoms with Crippen molar-refractivity contribution in [3.8, 4) is 11.5 Å². The van der Waals surface area contributed by atoms with E-state index in [1.54, 1.807) is 38.6 Å². The number of allylic oxidation sites excluding steroid dienone is 2. The second kappa shape index (κ2) is 8.57. The summed E-state index contributed by atoms with van der Waals surface area (Å²) in [6, 6.07) is 10.8. The number of carbonyl (C=O) groups is 2. The third kappa shape index (κ3) is 3.87. The standard InChI is InChI=1S/C23H25N3O4/c1-29-17-8-9-19(30-2)18(12-17)26-23(28)21-15-7-6-14(11-15)20(21)22(27)25-13-16-5-3-4-10-24-16/h3-10,12,14-15,20-21H,11,13H2,1-2H3,(H,25,27)(H,26,28)/t14-,15-,20+,21+/m1/s1. The highest BCUT2D eigenvalue weighted by Gasteiger charge is 2.51. The Labute approximate surface area is 175 Å². The summed E-state index contributed by atoms with van der Waals surface area (Å²) in [4.78, 5) is 30.5. The Morgan fingerprint density at radius 2 is 1.80 bits per heavy atom. The van der Waals surface area contributed by atoms with Gasteiger partial charge in [0.2, 0.25) is 11.8 Å². The molecular formula is C23H25N3O4. The average molecular weight is 407 g/mol. The zero-order chi connectivity index (χ0) is 21.1. The molecule has 1 aromatic heterocycles. The molecule has 156 valence electrons. The van der Waals surface area contributed by atoms with E-state index in [-0.39, 0.29) is 23.7 Å². The van der Waals surface area contributed by atoms with Crippen LogP contribution < -0.4 is 20.1 Å². The van der Waals surface area contributed by atoms with Crippen LogP contribution in [-0.4, -0.2) is 31.0 Å². The van der Waals surface area contributed by atoms with Crippen molar-refractivity contribution in [3.63, 3.8) is 0 Å². The molecule has 0 aliphatic heterocycles. The number of rotatable bonds is 7. The fourth-order valence-electron chi connectivity index (χ4n) is 4.46. The second-order valence-corrected chi connectivity index (χ2v) is 7.59. The summed E-state index contributed by atoms with van der Waals surface area (Å²) < 4.78 is 10.6. The van der Waals surface area contributed by atoms with Crippen molar-refractivity contribution in [2.24, 2.45) is 23.7 Å². The minimum atomic E-state index is -0.431. The Bertz CT molecular complexity index is 960. The summed E-state index contributed by atoms with van der Waals surface area (Å²) in [6.07, 6.45) is 6.63. The van der Waals surface area contributed by atoms with Crippen molar-refractivity contribution < 1.29 is 19.1 Å². The Balaban J connectivity index is 1.50. The van der Waals surface area contributed by atoms with E-state index in [4.69, 9.17) is 9.47 Å². The molecule has 2 amide bonds. The van der Waals surface area contributed by atoms with Gasteiger partial charge in [0.1, 0.15) is 11.5 Å². The van der Waals surface area contributed by atoms with Crippen molar-refractivity contribution >= 4 is 17.5 Å². The van der Waals surface area contributed by atoms with Crippen LogP contribution in [0.3, 0.4) is 0 Å². The van der Waals surface area contributed by atoms with Gasteiger partial charge in [-0.1, -0.05) is 18.2 Å². The average Bonchev–Trinajstić information content (AvgIpc) is 3.40. The number of hydrogen-bond acceptors (Lipinski definition) is 5. The lowest BCUT2D eigenvalue weighted by molar-refractivity contribution is -0.133. The number of aromatic nitrogens is 1. The topological polar surface area (TPSA) is 89.5 Å². The molecule has 2 aromatic rings. The number of benzene rings is 1. The number of pyridine rings is 1. The number of ether oxygens (including phenoxy) is 2. The number of nitrogens with zero attached hydrogens (tertiary/aromatic N) is 1. The molecule has 0 saturated heterocycles. The molecule has 0 radical (unpaired) electrons. The molecule has 0 spiro atoms. The van der Waals surface area contributed by atoms with Crippen molar-refractivity contribution in [2.45, 2.75) is 13.0 Å². The highest BCUT2D eigenvalue weighted by Crippen LogP contribution is 2.48. The molecule has 2 N–H and O–H groups in total. The minimum Gasteiger partial charge on any atom is -0.497 e. The van der Waals surface area contributed by atoms with Crippen molar-refractivity contribution in [1.29, 1.82) is 0 Å². The number of nitrogens with one attached hydrogen (secondary N) is 2. The van der Waals surface area contributed by atoms with Gasteiger partial charge in [0.25, 0.3) is 0 Å². The number of fused-ring (bicyclic) bond motifs is 2. The Kier molecular flexibility index (Phi) is 5.70. The van der Waals surface area contributed by atoms with Crippen molar-refractivity contribution in [3.05, 3.63) is 60.4 Å². The molecule has 7 heteroatoms. The molecule has 1 heterocycles. The summed E-state index contributed by atoms with van der Waals surface area (Å²) in [5.74, 6) is 0.146. The van der Waals surface area contributed by atoms with Gasteiger partial charge in [-0.2, -0.15) is 0 Å². The zero-order valence-electron chi connectivity index (χ0n) is 17.0. The summed E-state index contributed by atoms with van der Waals surface area (Å²) in [5.41, 5.74) is 1.31. The van der Waals surface area contributed by atoms with Gasteiger partial charge in [-0.15, -0.1) is 0 Å². The van der Waals surface area contributed by atoms with Crippen LogP contribution in [0.4, 0.5) is 5.69 Å². The number of amides is 2. The van der Waals surface area contributed by atoms with Crippen LogP contribution in [0.15, 0.2) is 54.7 Å². The lowest BCUT2D eigenvalue weighted by atomic mass is 9.81. The second-order valence-electron chi connectivity index (χ2n) is 7.59. The first kappa shape index (κ1) is 19.9. The molecule has 1 fully saturated rings. The first-order valence-electron chi connectivity index (χ1n) is 9.99. The lowest BCUT2D eigenvalue weighted by Gasteiger charge is -2.26. The number of hydrogen-bond donors (Lipinski definition) is 2. The Morgan fingerprint density at radius 3 is 2.47 bits per heavy atom. The molecule has 1 saturated carbocycles.